The molecule has 0 bridgehead atoms. The molecule has 0 fully saturated rings. The molecular weight excluding hydrogens is 226 g/mol. The van der Waals surface area contributed by atoms with Crippen LogP contribution in [0.2, 0.25) is 0 Å². The lowest BCUT2D eigenvalue weighted by Gasteiger charge is -2.02. The average molecular weight is 233 g/mol. The van der Waals surface area contributed by atoms with Crippen LogP contribution in [0.15, 0.2) is 16.3 Å². The van der Waals surface area contributed by atoms with E-state index in [2.05, 4.69) is 0 Å². The molecule has 0 saturated heterocycles. The molecule has 0 aromatic carbocycles. The molecule has 1 rings (SSSR count). The Kier molecular flexibility index (Phi) is 3.48. The van der Waals surface area contributed by atoms with E-state index in [4.69, 9.17) is 5.11 Å². The van der Waals surface area contributed by atoms with Gasteiger partial charge in [-0.2, -0.15) is 0 Å². The smallest absolute Gasteiger partial charge is 0.337 e. The van der Waals surface area contributed by atoms with Gasteiger partial charge in [-0.25, -0.2) is 0 Å². The lowest BCUT2D eigenvalue weighted by Crippen LogP contribution is -2.11. The number of hydrogen-bond acceptors (Lipinski definition) is 5. The second kappa shape index (κ2) is 4.43. The highest BCUT2D eigenvalue weighted by Crippen LogP contribution is 2.36. The second-order valence-corrected chi connectivity index (χ2v) is 4.72. The van der Waals surface area contributed by atoms with Crippen LogP contribution in [0, 0.1) is 10.1 Å². The maximum absolute atomic E-state index is 10.5. The predicted molar refractivity (Wildman–Crippen MR) is 53.9 cm³/mol. The molecule has 0 saturated carbocycles. The number of thiophene rings is 1. The summed E-state index contributed by atoms with van der Waals surface area (Å²) in [6, 6.07) is 1.56. The van der Waals surface area contributed by atoms with Crippen molar-refractivity contribution >= 4 is 34.1 Å². The fraction of sp³-hybridized carbons (Fsp3) is 0.286. The van der Waals surface area contributed by atoms with Gasteiger partial charge in [0, 0.05) is 0 Å². The highest BCUT2D eigenvalue weighted by molar-refractivity contribution is 8.00. The lowest BCUT2D eigenvalue weighted by atomic mass is 10.5. The van der Waals surface area contributed by atoms with E-state index in [1.807, 2.05) is 0 Å². The summed E-state index contributed by atoms with van der Waals surface area (Å²) in [6.45, 7) is 1.49. The topological polar surface area (TPSA) is 80.4 Å². The molecule has 1 aromatic rings. The molecule has 76 valence electrons. The van der Waals surface area contributed by atoms with Crippen LogP contribution < -0.4 is 0 Å². The number of carboxylic acid groups (broad SMARTS) is 1. The standard InChI is InChI=1S/C7H7NO4S2/c1-4(7(9)10)14-5-2-3-13-6(5)8(11)12/h2-4H,1H3,(H,9,10). The van der Waals surface area contributed by atoms with E-state index in [0.717, 1.165) is 23.1 Å². The number of nitrogens with zero attached hydrogens (tertiary/aromatic N) is 1. The largest absolute Gasteiger partial charge is 0.480 e. The highest BCUT2D eigenvalue weighted by Gasteiger charge is 2.21. The first-order valence-electron chi connectivity index (χ1n) is 3.63. The summed E-state index contributed by atoms with van der Waals surface area (Å²) >= 11 is 1.98. The van der Waals surface area contributed by atoms with E-state index in [-0.39, 0.29) is 5.00 Å². The van der Waals surface area contributed by atoms with E-state index in [0.29, 0.717) is 4.90 Å². The van der Waals surface area contributed by atoms with Crippen molar-refractivity contribution < 1.29 is 14.8 Å². The normalized spacial score (nSPS) is 12.4. The third kappa shape index (κ3) is 2.46. The van der Waals surface area contributed by atoms with Crippen LogP contribution in [-0.4, -0.2) is 21.2 Å². The summed E-state index contributed by atoms with van der Waals surface area (Å²) in [5.41, 5.74) is 0. The minimum Gasteiger partial charge on any atom is -0.480 e. The van der Waals surface area contributed by atoms with Gasteiger partial charge in [0.25, 0.3) is 0 Å². The van der Waals surface area contributed by atoms with Crippen LogP contribution in [0.4, 0.5) is 5.00 Å². The van der Waals surface area contributed by atoms with Crippen molar-refractivity contribution in [2.24, 2.45) is 0 Å². The van der Waals surface area contributed by atoms with Gasteiger partial charge in [0.05, 0.1) is 9.82 Å². The van der Waals surface area contributed by atoms with Crippen LogP contribution in [0.25, 0.3) is 0 Å². The summed E-state index contributed by atoms with van der Waals surface area (Å²) in [4.78, 5) is 20.9. The van der Waals surface area contributed by atoms with Crippen LogP contribution >= 0.6 is 23.1 Å². The second-order valence-electron chi connectivity index (χ2n) is 2.45. The Morgan fingerprint density at radius 1 is 1.79 bits per heavy atom. The molecule has 1 aromatic heterocycles. The van der Waals surface area contributed by atoms with Crippen molar-refractivity contribution in [2.75, 3.05) is 0 Å². The predicted octanol–water partition coefficient (Wildman–Crippen LogP) is 2.22. The van der Waals surface area contributed by atoms with Gasteiger partial charge in [0.15, 0.2) is 0 Å². The fourth-order valence-electron chi connectivity index (χ4n) is 0.753. The lowest BCUT2D eigenvalue weighted by molar-refractivity contribution is -0.382. The van der Waals surface area contributed by atoms with Crippen LogP contribution in [0.1, 0.15) is 6.92 Å². The van der Waals surface area contributed by atoms with E-state index in [9.17, 15) is 14.9 Å². The minimum absolute atomic E-state index is 0.00287. The van der Waals surface area contributed by atoms with E-state index in [1.54, 1.807) is 11.4 Å². The van der Waals surface area contributed by atoms with E-state index >= 15 is 0 Å². The first-order chi connectivity index (χ1) is 6.52. The first-order valence-corrected chi connectivity index (χ1v) is 5.39. The number of nitro groups is 1. The first kappa shape index (κ1) is 11.0. The number of thioether (sulfide) groups is 1. The van der Waals surface area contributed by atoms with Gasteiger partial charge >= 0.3 is 11.0 Å². The Morgan fingerprint density at radius 3 is 2.93 bits per heavy atom. The van der Waals surface area contributed by atoms with Crippen LogP contribution in [0.5, 0.6) is 0 Å². The Labute approximate surface area is 87.9 Å². The average Bonchev–Trinajstić information content (AvgIpc) is 2.52. The van der Waals surface area contributed by atoms with Crippen LogP contribution in [-0.2, 0) is 4.79 Å². The quantitative estimate of drug-likeness (QED) is 0.490. The van der Waals surface area contributed by atoms with E-state index in [1.165, 1.54) is 6.92 Å². The van der Waals surface area contributed by atoms with E-state index < -0.39 is 16.1 Å². The van der Waals surface area contributed by atoms with Gasteiger partial charge in [0.1, 0.15) is 5.25 Å². The molecular formula is C7H7NO4S2. The molecule has 0 aliphatic rings. The van der Waals surface area contributed by atoms with Gasteiger partial charge in [0.2, 0.25) is 0 Å². The van der Waals surface area contributed by atoms with Crippen molar-refractivity contribution in [1.29, 1.82) is 0 Å². The summed E-state index contributed by atoms with van der Waals surface area (Å²) in [5, 5.41) is 20.0. The molecule has 14 heavy (non-hydrogen) atoms. The Balaban J connectivity index is 2.81. The monoisotopic (exact) mass is 233 g/mol. The summed E-state index contributed by atoms with van der Waals surface area (Å²) in [6.07, 6.45) is 0. The maximum atomic E-state index is 10.5. The molecule has 5 nitrogen and oxygen atoms in total. The zero-order chi connectivity index (χ0) is 10.7. The number of carboxylic acids is 1. The fourth-order valence-corrected chi connectivity index (χ4v) is 2.53. The number of hydrogen-bond donors (Lipinski definition) is 1. The SMILES string of the molecule is CC(Sc1ccsc1[N+](=O)[O-])C(=O)O. The van der Waals surface area contributed by atoms with Gasteiger partial charge < -0.3 is 5.11 Å². The highest BCUT2D eigenvalue weighted by atomic mass is 32.2. The van der Waals surface area contributed by atoms with Crippen molar-refractivity contribution in [1.82, 2.24) is 0 Å². The van der Waals surface area contributed by atoms with Gasteiger partial charge in [-0.3, -0.25) is 14.9 Å². The summed E-state index contributed by atoms with van der Waals surface area (Å²) in [7, 11) is 0. The molecule has 0 aliphatic carbocycles. The molecule has 0 spiro atoms. The summed E-state index contributed by atoms with van der Waals surface area (Å²) in [5.74, 6) is -0.976. The Hall–Kier alpha value is -1.08. The molecule has 0 aliphatic heterocycles. The van der Waals surface area contributed by atoms with Crippen molar-refractivity contribution in [3.8, 4) is 0 Å². The summed E-state index contributed by atoms with van der Waals surface area (Å²) < 4.78 is 0. The van der Waals surface area contributed by atoms with Crippen LogP contribution in [0.3, 0.4) is 0 Å². The van der Waals surface area contributed by atoms with Crippen molar-refractivity contribution in [2.45, 2.75) is 17.1 Å². The maximum Gasteiger partial charge on any atom is 0.337 e. The molecule has 1 unspecified atom stereocenters. The molecule has 1 heterocycles. The van der Waals surface area contributed by atoms with Crippen molar-refractivity contribution in [3.63, 3.8) is 0 Å². The van der Waals surface area contributed by atoms with Gasteiger partial charge in [-0.15, -0.1) is 11.8 Å². The van der Waals surface area contributed by atoms with Gasteiger partial charge in [-0.1, -0.05) is 11.3 Å². The number of aliphatic carboxylic acids is 1. The zero-order valence-electron chi connectivity index (χ0n) is 7.17. The minimum atomic E-state index is -0.976. The van der Waals surface area contributed by atoms with Gasteiger partial charge in [-0.05, 0) is 18.4 Å². The molecule has 7 heteroatoms. The molecule has 1 N–H and O–H groups in total. The number of carbonyl (C=O) groups is 1. The molecule has 0 radical (unpaired) electrons. The van der Waals surface area contributed by atoms with Crippen molar-refractivity contribution in [3.05, 3.63) is 21.6 Å². The Bertz CT molecular complexity index is 362. The third-order valence-corrected chi connectivity index (χ3v) is 3.56. The zero-order valence-corrected chi connectivity index (χ0v) is 8.80. The number of rotatable bonds is 4. The Morgan fingerprint density at radius 2 is 2.43 bits per heavy atom. The third-order valence-electron chi connectivity index (χ3n) is 1.43. The molecule has 1 atom stereocenters. The molecule has 0 amide bonds.